The fourth-order valence-electron chi connectivity index (χ4n) is 3.40. The minimum absolute atomic E-state index is 0.0552. The van der Waals surface area contributed by atoms with Crippen molar-refractivity contribution in [1.29, 1.82) is 0 Å². The van der Waals surface area contributed by atoms with Crippen LogP contribution in [0.2, 0.25) is 0 Å². The van der Waals surface area contributed by atoms with Gasteiger partial charge in [0.1, 0.15) is 0 Å². The SMILES string of the molecule is CC(C)(C(=O)O)n1cc(NC(=O)C2C3CCCCC32)cn1. The summed E-state index contributed by atoms with van der Waals surface area (Å²) in [5, 5.41) is 16.1. The summed E-state index contributed by atoms with van der Waals surface area (Å²) in [4.78, 5) is 23.5. The zero-order valence-electron chi connectivity index (χ0n) is 12.4. The molecule has 2 unspecified atom stereocenters. The lowest BCUT2D eigenvalue weighted by Crippen LogP contribution is -2.35. The number of carbonyl (C=O) groups excluding carboxylic acids is 1. The molecule has 21 heavy (non-hydrogen) atoms. The van der Waals surface area contributed by atoms with Gasteiger partial charge in [0.25, 0.3) is 0 Å². The number of anilines is 1. The third kappa shape index (κ3) is 2.43. The first-order valence-electron chi connectivity index (χ1n) is 7.50. The molecule has 1 heterocycles. The Morgan fingerprint density at radius 3 is 2.52 bits per heavy atom. The molecule has 0 spiro atoms. The lowest BCUT2D eigenvalue weighted by atomic mass is 10.0. The van der Waals surface area contributed by atoms with E-state index in [0.29, 0.717) is 17.5 Å². The van der Waals surface area contributed by atoms with E-state index in [1.165, 1.54) is 23.7 Å². The van der Waals surface area contributed by atoms with Crippen molar-refractivity contribution in [2.45, 2.75) is 45.1 Å². The van der Waals surface area contributed by atoms with Crippen molar-refractivity contribution < 1.29 is 14.7 Å². The maximum Gasteiger partial charge on any atom is 0.331 e. The molecule has 2 saturated carbocycles. The van der Waals surface area contributed by atoms with Gasteiger partial charge < -0.3 is 10.4 Å². The molecule has 0 bridgehead atoms. The summed E-state index contributed by atoms with van der Waals surface area (Å²) in [7, 11) is 0. The lowest BCUT2D eigenvalue weighted by Gasteiger charge is -2.19. The van der Waals surface area contributed by atoms with Gasteiger partial charge in [0, 0.05) is 12.1 Å². The van der Waals surface area contributed by atoms with E-state index in [1.807, 2.05) is 0 Å². The number of aromatic nitrogens is 2. The number of hydrogen-bond donors (Lipinski definition) is 2. The van der Waals surface area contributed by atoms with Crippen LogP contribution in [0.5, 0.6) is 0 Å². The summed E-state index contributed by atoms with van der Waals surface area (Å²) >= 11 is 0. The number of carboxylic acid groups (broad SMARTS) is 1. The third-order valence-corrected chi connectivity index (χ3v) is 4.91. The molecule has 3 rings (SSSR count). The van der Waals surface area contributed by atoms with E-state index in [-0.39, 0.29) is 11.8 Å². The molecule has 1 aromatic rings. The van der Waals surface area contributed by atoms with Gasteiger partial charge in [-0.3, -0.25) is 9.48 Å². The summed E-state index contributed by atoms with van der Waals surface area (Å²) in [6.07, 6.45) is 7.88. The molecule has 0 saturated heterocycles. The highest BCUT2D eigenvalue weighted by atomic mass is 16.4. The lowest BCUT2D eigenvalue weighted by molar-refractivity contribution is -0.146. The smallest absolute Gasteiger partial charge is 0.331 e. The topological polar surface area (TPSA) is 84.2 Å². The third-order valence-electron chi connectivity index (χ3n) is 4.91. The predicted octanol–water partition coefficient (Wildman–Crippen LogP) is 2.08. The summed E-state index contributed by atoms with van der Waals surface area (Å²) < 4.78 is 1.37. The second kappa shape index (κ2) is 4.86. The maximum absolute atomic E-state index is 12.3. The molecular weight excluding hydrogens is 270 g/mol. The number of nitrogens with zero attached hydrogens (tertiary/aromatic N) is 2. The minimum atomic E-state index is -1.13. The van der Waals surface area contributed by atoms with Crippen molar-refractivity contribution >= 4 is 17.6 Å². The van der Waals surface area contributed by atoms with Gasteiger partial charge in [0.15, 0.2) is 5.54 Å². The maximum atomic E-state index is 12.3. The molecule has 1 amide bonds. The number of carboxylic acids is 1. The molecule has 0 aromatic carbocycles. The number of carbonyl (C=O) groups is 2. The first-order chi connectivity index (χ1) is 9.91. The van der Waals surface area contributed by atoms with E-state index in [4.69, 9.17) is 0 Å². The Morgan fingerprint density at radius 1 is 1.33 bits per heavy atom. The highest BCUT2D eigenvalue weighted by Gasteiger charge is 2.54. The zero-order valence-corrected chi connectivity index (χ0v) is 12.4. The first kappa shape index (κ1) is 14.1. The Balaban J connectivity index is 1.65. The Hall–Kier alpha value is -1.85. The molecule has 0 aliphatic heterocycles. The van der Waals surface area contributed by atoms with Gasteiger partial charge in [-0.15, -0.1) is 0 Å². The molecule has 0 radical (unpaired) electrons. The predicted molar refractivity (Wildman–Crippen MR) is 76.8 cm³/mol. The van der Waals surface area contributed by atoms with Crippen LogP contribution in [0.3, 0.4) is 0 Å². The van der Waals surface area contributed by atoms with E-state index >= 15 is 0 Å². The number of nitrogens with one attached hydrogen (secondary N) is 1. The van der Waals surface area contributed by atoms with Gasteiger partial charge in [0.05, 0.1) is 11.9 Å². The Bertz CT molecular complexity index is 566. The van der Waals surface area contributed by atoms with Gasteiger partial charge in [-0.2, -0.15) is 5.10 Å². The Kier molecular flexibility index (Phi) is 3.26. The first-order valence-corrected chi connectivity index (χ1v) is 7.50. The molecule has 2 aliphatic rings. The van der Waals surface area contributed by atoms with E-state index in [2.05, 4.69) is 10.4 Å². The largest absolute Gasteiger partial charge is 0.479 e. The van der Waals surface area contributed by atoms with Crippen molar-refractivity contribution in [3.05, 3.63) is 12.4 Å². The van der Waals surface area contributed by atoms with Gasteiger partial charge >= 0.3 is 5.97 Å². The van der Waals surface area contributed by atoms with Crippen molar-refractivity contribution in [3.8, 4) is 0 Å². The normalized spacial score (nSPS) is 27.8. The van der Waals surface area contributed by atoms with E-state index < -0.39 is 11.5 Å². The molecule has 2 aliphatic carbocycles. The van der Waals surface area contributed by atoms with Gasteiger partial charge in [-0.05, 0) is 38.5 Å². The Labute approximate surface area is 123 Å². The van der Waals surface area contributed by atoms with Gasteiger partial charge in [-0.1, -0.05) is 12.8 Å². The fourth-order valence-corrected chi connectivity index (χ4v) is 3.40. The van der Waals surface area contributed by atoms with Crippen LogP contribution >= 0.6 is 0 Å². The Morgan fingerprint density at radius 2 is 1.95 bits per heavy atom. The molecular formula is C15H21N3O3. The number of hydrogen-bond acceptors (Lipinski definition) is 3. The summed E-state index contributed by atoms with van der Waals surface area (Å²) in [6.45, 7) is 3.15. The average Bonchev–Trinajstić information content (AvgIpc) is 2.99. The van der Waals surface area contributed by atoms with Crippen LogP contribution in [0.25, 0.3) is 0 Å². The van der Waals surface area contributed by atoms with Gasteiger partial charge in [-0.25, -0.2) is 4.79 Å². The van der Waals surface area contributed by atoms with Crippen molar-refractivity contribution in [1.82, 2.24) is 9.78 Å². The van der Waals surface area contributed by atoms with E-state index in [1.54, 1.807) is 20.0 Å². The van der Waals surface area contributed by atoms with Crippen LogP contribution in [-0.2, 0) is 15.1 Å². The van der Waals surface area contributed by atoms with Crippen molar-refractivity contribution in [2.24, 2.45) is 17.8 Å². The second-order valence-corrected chi connectivity index (χ2v) is 6.66. The number of amides is 1. The number of aliphatic carboxylic acids is 1. The second-order valence-electron chi connectivity index (χ2n) is 6.66. The van der Waals surface area contributed by atoms with Crippen LogP contribution in [0.1, 0.15) is 39.5 Å². The van der Waals surface area contributed by atoms with Crippen LogP contribution in [0, 0.1) is 17.8 Å². The van der Waals surface area contributed by atoms with Crippen LogP contribution in [0.4, 0.5) is 5.69 Å². The van der Waals surface area contributed by atoms with E-state index in [0.717, 1.165) is 12.8 Å². The van der Waals surface area contributed by atoms with Crippen LogP contribution < -0.4 is 5.32 Å². The molecule has 2 fully saturated rings. The standard InChI is InChI=1S/C15H21N3O3/c1-15(2,14(20)21)18-8-9(7-16-18)17-13(19)12-10-5-3-4-6-11(10)12/h7-8,10-12H,3-6H2,1-2H3,(H,17,19)(H,20,21). The monoisotopic (exact) mass is 291 g/mol. The average molecular weight is 291 g/mol. The molecule has 6 nitrogen and oxygen atoms in total. The van der Waals surface area contributed by atoms with E-state index in [9.17, 15) is 14.7 Å². The minimum Gasteiger partial charge on any atom is -0.479 e. The number of fused-ring (bicyclic) bond motifs is 1. The summed E-state index contributed by atoms with van der Waals surface area (Å²) in [5.74, 6) is 0.355. The molecule has 2 atom stereocenters. The molecule has 1 aromatic heterocycles. The molecule has 6 heteroatoms. The van der Waals surface area contributed by atoms with Crippen molar-refractivity contribution in [2.75, 3.05) is 5.32 Å². The van der Waals surface area contributed by atoms with Gasteiger partial charge in [0.2, 0.25) is 5.91 Å². The van der Waals surface area contributed by atoms with Crippen molar-refractivity contribution in [3.63, 3.8) is 0 Å². The quantitative estimate of drug-likeness (QED) is 0.889. The van der Waals surface area contributed by atoms with Crippen LogP contribution in [-0.4, -0.2) is 26.8 Å². The highest BCUT2D eigenvalue weighted by molar-refractivity contribution is 5.94. The molecule has 114 valence electrons. The zero-order chi connectivity index (χ0) is 15.2. The summed E-state index contributed by atoms with van der Waals surface area (Å²) in [5.41, 5.74) is -0.561. The number of rotatable bonds is 4. The highest BCUT2D eigenvalue weighted by Crippen LogP contribution is 2.55. The molecule has 2 N–H and O–H groups in total. The van der Waals surface area contributed by atoms with Crippen LogP contribution in [0.15, 0.2) is 12.4 Å². The fraction of sp³-hybridized carbons (Fsp3) is 0.667. The summed E-state index contributed by atoms with van der Waals surface area (Å²) in [6, 6.07) is 0.